The summed E-state index contributed by atoms with van der Waals surface area (Å²) in [5, 5.41) is 3.46. The number of carbonyl (C=O) groups excluding carboxylic acids is 2. The number of nitrogens with one attached hydrogen (secondary N) is 1. The first-order valence-corrected chi connectivity index (χ1v) is 8.61. The minimum absolute atomic E-state index is 0.0399. The van der Waals surface area contributed by atoms with Gasteiger partial charge >= 0.3 is 0 Å². The zero-order valence-electron chi connectivity index (χ0n) is 13.9. The second-order valence-corrected chi connectivity index (χ2v) is 6.94. The highest BCUT2D eigenvalue weighted by Crippen LogP contribution is 2.36. The number of rotatable bonds is 5. The third-order valence-electron chi connectivity index (χ3n) is 4.64. The first-order valence-electron chi connectivity index (χ1n) is 8.24. The Hall–Kier alpha value is -2.20. The minimum atomic E-state index is -0.423. The molecule has 1 saturated heterocycles. The van der Waals surface area contributed by atoms with E-state index in [1.807, 2.05) is 25.1 Å². The highest BCUT2D eigenvalue weighted by Gasteiger charge is 2.37. The molecule has 1 amide bonds. The van der Waals surface area contributed by atoms with E-state index in [1.165, 1.54) is 12.1 Å². The van der Waals surface area contributed by atoms with E-state index in [0.29, 0.717) is 11.6 Å². The summed E-state index contributed by atoms with van der Waals surface area (Å²) in [6, 6.07) is 11.6. The van der Waals surface area contributed by atoms with Crippen LogP contribution in [0.25, 0.3) is 0 Å². The van der Waals surface area contributed by atoms with Gasteiger partial charge in [-0.05, 0) is 41.8 Å². The molecule has 1 fully saturated rings. The van der Waals surface area contributed by atoms with Crippen molar-refractivity contribution < 1.29 is 14.0 Å². The number of hydrogen-bond donors (Lipinski definition) is 1. The fourth-order valence-corrected chi connectivity index (χ4v) is 3.68. The summed E-state index contributed by atoms with van der Waals surface area (Å²) in [5.74, 6) is -1.03. The van der Waals surface area contributed by atoms with Crippen molar-refractivity contribution in [2.45, 2.75) is 25.7 Å². The highest BCUT2D eigenvalue weighted by molar-refractivity contribution is 6.31. The number of hydrogen-bond acceptors (Lipinski definition) is 2. The summed E-state index contributed by atoms with van der Waals surface area (Å²) in [7, 11) is 0. The van der Waals surface area contributed by atoms with Crippen LogP contribution in [0.2, 0.25) is 5.02 Å². The van der Waals surface area contributed by atoms with Crippen LogP contribution in [0.5, 0.6) is 0 Å². The molecule has 2 aromatic carbocycles. The smallest absolute Gasteiger partial charge is 0.224 e. The van der Waals surface area contributed by atoms with Gasteiger partial charge < -0.3 is 5.32 Å². The Morgan fingerprint density at radius 1 is 1.24 bits per heavy atom. The molecule has 1 N–H and O–H groups in total. The fourth-order valence-electron chi connectivity index (χ4n) is 3.31. The number of aryl methyl sites for hydroxylation is 1. The highest BCUT2D eigenvalue weighted by atomic mass is 35.5. The number of benzene rings is 2. The molecule has 3 nitrogen and oxygen atoms in total. The Morgan fingerprint density at radius 3 is 2.64 bits per heavy atom. The molecule has 2 aromatic rings. The summed E-state index contributed by atoms with van der Waals surface area (Å²) in [6.45, 7) is 2.44. The molecule has 0 radical (unpaired) electrons. The first kappa shape index (κ1) is 17.6. The summed E-state index contributed by atoms with van der Waals surface area (Å²) < 4.78 is 13.0. The number of amides is 1. The van der Waals surface area contributed by atoms with Crippen molar-refractivity contribution in [2.75, 3.05) is 6.54 Å². The molecule has 0 unspecified atom stereocenters. The lowest BCUT2D eigenvalue weighted by molar-refractivity contribution is -0.127. The van der Waals surface area contributed by atoms with Gasteiger partial charge in [-0.25, -0.2) is 4.39 Å². The molecule has 1 aliphatic rings. The van der Waals surface area contributed by atoms with Crippen molar-refractivity contribution in [1.82, 2.24) is 5.32 Å². The van der Waals surface area contributed by atoms with E-state index >= 15 is 0 Å². The summed E-state index contributed by atoms with van der Waals surface area (Å²) in [6.07, 6.45) is 0.344. The molecular weight excluding hydrogens is 341 g/mol. The Kier molecular flexibility index (Phi) is 5.19. The van der Waals surface area contributed by atoms with E-state index in [9.17, 15) is 14.0 Å². The second-order valence-electron chi connectivity index (χ2n) is 6.53. The molecule has 0 aromatic heterocycles. The van der Waals surface area contributed by atoms with Gasteiger partial charge in [-0.1, -0.05) is 35.9 Å². The van der Waals surface area contributed by atoms with Crippen molar-refractivity contribution in [1.29, 1.82) is 0 Å². The third-order valence-corrected chi connectivity index (χ3v) is 4.96. The van der Waals surface area contributed by atoms with Gasteiger partial charge in [-0.2, -0.15) is 0 Å². The molecule has 5 heteroatoms. The van der Waals surface area contributed by atoms with E-state index in [4.69, 9.17) is 11.6 Å². The molecule has 130 valence electrons. The van der Waals surface area contributed by atoms with Gasteiger partial charge in [0, 0.05) is 30.3 Å². The quantitative estimate of drug-likeness (QED) is 0.882. The van der Waals surface area contributed by atoms with Crippen LogP contribution in [0.15, 0.2) is 42.5 Å². The van der Waals surface area contributed by atoms with Crippen LogP contribution in [0.4, 0.5) is 4.39 Å². The monoisotopic (exact) mass is 359 g/mol. The summed E-state index contributed by atoms with van der Waals surface area (Å²) in [5.41, 5.74) is 2.69. The van der Waals surface area contributed by atoms with Crippen molar-refractivity contribution >= 4 is 23.3 Å². The minimum Gasteiger partial charge on any atom is -0.355 e. The number of ketones is 1. The lowest BCUT2D eigenvalue weighted by Crippen LogP contribution is -2.23. The van der Waals surface area contributed by atoms with Gasteiger partial charge in [-0.15, -0.1) is 0 Å². The Morgan fingerprint density at radius 2 is 1.96 bits per heavy atom. The van der Waals surface area contributed by atoms with Gasteiger partial charge in [0.05, 0.1) is 5.92 Å². The van der Waals surface area contributed by atoms with E-state index < -0.39 is 5.92 Å². The van der Waals surface area contributed by atoms with Gasteiger partial charge in [0.1, 0.15) is 11.6 Å². The Labute approximate surface area is 151 Å². The average Bonchev–Trinajstić information content (AvgIpc) is 2.91. The maximum absolute atomic E-state index is 13.0. The van der Waals surface area contributed by atoms with Gasteiger partial charge in [0.2, 0.25) is 5.91 Å². The summed E-state index contributed by atoms with van der Waals surface area (Å²) in [4.78, 5) is 24.6. The fraction of sp³-hybridized carbons (Fsp3) is 0.300. The topological polar surface area (TPSA) is 46.2 Å². The molecule has 0 bridgehead atoms. The van der Waals surface area contributed by atoms with Crippen molar-refractivity contribution in [3.05, 3.63) is 70.0 Å². The number of Topliss-reactive ketones (excluding diaryl/α,β-unsaturated/α-hetero) is 1. The van der Waals surface area contributed by atoms with Crippen molar-refractivity contribution in [3.8, 4) is 0 Å². The van der Waals surface area contributed by atoms with Gasteiger partial charge in [0.15, 0.2) is 0 Å². The zero-order chi connectivity index (χ0) is 18.0. The van der Waals surface area contributed by atoms with Crippen molar-refractivity contribution in [3.63, 3.8) is 0 Å². The van der Waals surface area contributed by atoms with E-state index in [2.05, 4.69) is 5.32 Å². The summed E-state index contributed by atoms with van der Waals surface area (Å²) >= 11 is 6.34. The molecule has 2 atom stereocenters. The normalized spacial score (nSPS) is 19.7. The van der Waals surface area contributed by atoms with E-state index in [-0.39, 0.29) is 36.3 Å². The predicted octanol–water partition coefficient (Wildman–Crippen LogP) is 3.82. The van der Waals surface area contributed by atoms with Gasteiger partial charge in [0.25, 0.3) is 0 Å². The van der Waals surface area contributed by atoms with E-state index in [1.54, 1.807) is 12.1 Å². The number of carbonyl (C=O) groups is 2. The zero-order valence-corrected chi connectivity index (χ0v) is 14.6. The van der Waals surface area contributed by atoms with Gasteiger partial charge in [-0.3, -0.25) is 9.59 Å². The van der Waals surface area contributed by atoms with Crippen LogP contribution in [0, 0.1) is 18.7 Å². The molecule has 0 saturated carbocycles. The molecule has 3 rings (SSSR count). The predicted molar refractivity (Wildman–Crippen MR) is 95.2 cm³/mol. The molecule has 25 heavy (non-hydrogen) atoms. The molecule has 0 aliphatic carbocycles. The van der Waals surface area contributed by atoms with Crippen LogP contribution in [-0.2, 0) is 16.0 Å². The Balaban J connectivity index is 1.73. The molecule has 0 spiro atoms. The average molecular weight is 360 g/mol. The lowest BCUT2D eigenvalue weighted by Gasteiger charge is -2.18. The van der Waals surface area contributed by atoms with Crippen LogP contribution < -0.4 is 5.32 Å². The van der Waals surface area contributed by atoms with Crippen LogP contribution in [0.1, 0.15) is 29.0 Å². The van der Waals surface area contributed by atoms with Crippen LogP contribution >= 0.6 is 11.6 Å². The molecule has 1 heterocycles. The van der Waals surface area contributed by atoms with Crippen molar-refractivity contribution in [2.24, 2.45) is 5.92 Å². The van der Waals surface area contributed by atoms with Crippen LogP contribution in [0.3, 0.4) is 0 Å². The Bertz CT molecular complexity index is 804. The number of halogens is 2. The SMILES string of the molecule is Cc1ccc([C@@H]2CNC(=O)[C@H]2CC(=O)Cc2ccc(F)cc2)c(Cl)c1. The van der Waals surface area contributed by atoms with E-state index in [0.717, 1.165) is 16.7 Å². The lowest BCUT2D eigenvalue weighted by atomic mass is 9.84. The standard InChI is InChI=1S/C20H19ClFNO2/c1-12-2-7-16(19(21)8-12)18-11-23-20(25)17(18)10-15(24)9-13-3-5-14(22)6-4-13/h2-8,17-18H,9-11H2,1H3,(H,23,25)/t17-,18-/m0/s1. The molecular formula is C20H19ClFNO2. The third kappa shape index (κ3) is 4.07. The maximum atomic E-state index is 13.0. The maximum Gasteiger partial charge on any atom is 0.224 e. The van der Waals surface area contributed by atoms with Crippen LogP contribution in [-0.4, -0.2) is 18.2 Å². The second kappa shape index (κ2) is 7.36. The first-order chi connectivity index (χ1) is 11.9. The molecule has 1 aliphatic heterocycles. The largest absolute Gasteiger partial charge is 0.355 e.